The van der Waals surface area contributed by atoms with Crippen molar-refractivity contribution < 1.29 is 53.8 Å². The maximum absolute atomic E-state index is 14.0. The normalized spacial score (nSPS) is 14.8. The molecule has 1 aromatic heterocycles. The Kier molecular flexibility index (Phi) is 12.1. The Bertz CT molecular complexity index is 1830. The molecule has 53 heavy (non-hydrogen) atoms. The second kappa shape index (κ2) is 16.2. The van der Waals surface area contributed by atoms with Crippen molar-refractivity contribution in [2.24, 2.45) is 5.92 Å². The van der Waals surface area contributed by atoms with E-state index >= 15 is 0 Å². The highest BCUT2D eigenvalue weighted by Gasteiger charge is 2.38. The van der Waals surface area contributed by atoms with Gasteiger partial charge in [0.25, 0.3) is 0 Å². The first-order valence-electron chi connectivity index (χ1n) is 16.2. The van der Waals surface area contributed by atoms with Crippen LogP contribution in [-0.2, 0) is 47.8 Å². The van der Waals surface area contributed by atoms with Gasteiger partial charge in [-0.2, -0.15) is 39.5 Å². The van der Waals surface area contributed by atoms with Crippen LogP contribution in [0.2, 0.25) is 5.02 Å². The van der Waals surface area contributed by atoms with Crippen LogP contribution in [0.25, 0.3) is 0 Å². The lowest BCUT2D eigenvalue weighted by Gasteiger charge is -2.26. The van der Waals surface area contributed by atoms with Crippen LogP contribution in [0.5, 0.6) is 5.75 Å². The number of carbonyl (C=O) groups is 1. The molecular formula is C36H32ClF9N4O3. The molecular weight excluding hydrogens is 743 g/mol. The number of hydrogen-bond acceptors (Lipinski definition) is 7. The Morgan fingerprint density at radius 2 is 1.40 bits per heavy atom. The summed E-state index contributed by atoms with van der Waals surface area (Å²) < 4.78 is 136. The van der Waals surface area contributed by atoms with E-state index < -0.39 is 71.0 Å². The summed E-state index contributed by atoms with van der Waals surface area (Å²) >= 11 is 6.32. The van der Waals surface area contributed by atoms with Crippen molar-refractivity contribution >= 4 is 23.5 Å². The van der Waals surface area contributed by atoms with Crippen molar-refractivity contribution in [3.8, 4) is 5.75 Å². The maximum atomic E-state index is 14.0. The van der Waals surface area contributed by atoms with Gasteiger partial charge in [-0.3, -0.25) is 4.79 Å². The summed E-state index contributed by atoms with van der Waals surface area (Å²) in [5, 5.41) is 2.70. The third kappa shape index (κ3) is 10.5. The predicted octanol–water partition coefficient (Wildman–Crippen LogP) is 9.58. The Morgan fingerprint density at radius 1 is 0.830 bits per heavy atom. The predicted molar refractivity (Wildman–Crippen MR) is 176 cm³/mol. The Morgan fingerprint density at radius 3 is 1.96 bits per heavy atom. The standard InChI is InChI=1S/C36H32ClF9N4O3/c1-21(53-32(51)24-7-9-47-10-8-24)26-16-48-33(49-17-26)50(18-23-11-27(34(38,39)40)14-28(12-23)35(41,42)43)19-25-13-29(36(44,45)46)15-30(37)31(25)52-20-22-5-3-2-4-6-22/h2-6,11-17,21,24,47H,7-10,18-20H2,1H3. The molecule has 0 bridgehead atoms. The number of piperidine rings is 1. The Balaban J connectivity index is 1.54. The fourth-order valence-corrected chi connectivity index (χ4v) is 5.95. The molecule has 5 rings (SSSR count). The van der Waals surface area contributed by atoms with Crippen molar-refractivity contribution in [1.82, 2.24) is 15.3 Å². The second-order valence-corrected chi connectivity index (χ2v) is 12.8. The van der Waals surface area contributed by atoms with Crippen molar-refractivity contribution in [3.63, 3.8) is 0 Å². The Hall–Kier alpha value is -4.57. The van der Waals surface area contributed by atoms with E-state index in [9.17, 15) is 44.3 Å². The van der Waals surface area contributed by atoms with E-state index in [-0.39, 0.29) is 35.9 Å². The molecule has 1 unspecified atom stereocenters. The summed E-state index contributed by atoms with van der Waals surface area (Å²) in [6.07, 6.45) is -12.4. The number of ether oxygens (including phenoxy) is 2. The molecule has 1 aliphatic rings. The van der Waals surface area contributed by atoms with Crippen LogP contribution in [0.15, 0.2) is 73.1 Å². The van der Waals surface area contributed by atoms with Gasteiger partial charge in [0.15, 0.2) is 0 Å². The van der Waals surface area contributed by atoms with E-state index in [0.717, 1.165) is 11.0 Å². The summed E-state index contributed by atoms with van der Waals surface area (Å²) in [6, 6.07) is 10.9. The number of benzene rings is 3. The van der Waals surface area contributed by atoms with E-state index in [1.54, 1.807) is 37.3 Å². The van der Waals surface area contributed by atoms with Gasteiger partial charge in [-0.15, -0.1) is 0 Å². The summed E-state index contributed by atoms with van der Waals surface area (Å²) in [5.41, 5.74) is -4.11. The van der Waals surface area contributed by atoms with Gasteiger partial charge in [0.1, 0.15) is 18.5 Å². The van der Waals surface area contributed by atoms with Gasteiger partial charge in [0.2, 0.25) is 5.95 Å². The number of esters is 1. The third-order valence-electron chi connectivity index (χ3n) is 8.43. The van der Waals surface area contributed by atoms with Gasteiger partial charge in [-0.05, 0) is 74.3 Å². The molecule has 0 radical (unpaired) electrons. The van der Waals surface area contributed by atoms with Crippen molar-refractivity contribution in [2.75, 3.05) is 18.0 Å². The van der Waals surface area contributed by atoms with E-state index in [1.165, 1.54) is 12.4 Å². The minimum atomic E-state index is -5.16. The number of aromatic nitrogens is 2. The van der Waals surface area contributed by atoms with E-state index in [4.69, 9.17) is 21.1 Å². The van der Waals surface area contributed by atoms with Crippen LogP contribution in [-0.4, -0.2) is 29.0 Å². The SMILES string of the molecule is CC(OC(=O)C1CCNCC1)c1cnc(N(Cc2cc(C(F)(F)F)cc(C(F)(F)F)c2)Cc2cc(C(F)(F)F)cc(Cl)c2OCc2ccccc2)nc1. The zero-order valence-electron chi connectivity index (χ0n) is 27.9. The summed E-state index contributed by atoms with van der Waals surface area (Å²) in [6.45, 7) is 1.39. The highest BCUT2D eigenvalue weighted by molar-refractivity contribution is 6.32. The molecule has 0 aliphatic carbocycles. The smallest absolute Gasteiger partial charge is 0.416 e. The summed E-state index contributed by atoms with van der Waals surface area (Å²) in [4.78, 5) is 22.3. The zero-order chi connectivity index (χ0) is 38.6. The average Bonchev–Trinajstić information content (AvgIpc) is 3.10. The lowest BCUT2D eigenvalue weighted by molar-refractivity contribution is -0.154. The molecule has 17 heteroatoms. The van der Waals surface area contributed by atoms with Crippen LogP contribution < -0.4 is 15.0 Å². The summed E-state index contributed by atoms with van der Waals surface area (Å²) in [7, 11) is 0. The molecule has 3 aromatic carbocycles. The molecule has 1 N–H and O–H groups in total. The molecule has 7 nitrogen and oxygen atoms in total. The minimum Gasteiger partial charge on any atom is -0.487 e. The minimum absolute atomic E-state index is 0.0340. The van der Waals surface area contributed by atoms with Gasteiger partial charge >= 0.3 is 24.5 Å². The molecule has 284 valence electrons. The number of carbonyl (C=O) groups excluding carboxylic acids is 1. The highest BCUT2D eigenvalue weighted by Crippen LogP contribution is 2.40. The first-order valence-corrected chi connectivity index (χ1v) is 16.6. The first kappa shape index (κ1) is 39.6. The lowest BCUT2D eigenvalue weighted by Crippen LogP contribution is -2.33. The largest absolute Gasteiger partial charge is 0.487 e. The molecule has 1 fully saturated rings. The number of anilines is 1. The van der Waals surface area contributed by atoms with Crippen LogP contribution in [0.4, 0.5) is 45.5 Å². The van der Waals surface area contributed by atoms with Gasteiger partial charge < -0.3 is 19.7 Å². The monoisotopic (exact) mass is 774 g/mol. The maximum Gasteiger partial charge on any atom is 0.416 e. The molecule has 1 aliphatic heterocycles. The molecule has 0 amide bonds. The van der Waals surface area contributed by atoms with Crippen LogP contribution in [0.3, 0.4) is 0 Å². The average molecular weight is 775 g/mol. The third-order valence-corrected chi connectivity index (χ3v) is 8.71. The number of rotatable bonds is 11. The Labute approximate surface area is 303 Å². The number of alkyl halides is 9. The molecule has 0 saturated carbocycles. The van der Waals surface area contributed by atoms with E-state index in [1.807, 2.05) is 0 Å². The zero-order valence-corrected chi connectivity index (χ0v) is 28.6. The lowest BCUT2D eigenvalue weighted by atomic mass is 9.98. The van der Waals surface area contributed by atoms with Gasteiger partial charge in [-0.25, -0.2) is 9.97 Å². The second-order valence-electron chi connectivity index (χ2n) is 12.4. The molecule has 4 aromatic rings. The van der Waals surface area contributed by atoms with Gasteiger partial charge in [0.05, 0.1) is 27.6 Å². The number of hydrogen-bond donors (Lipinski definition) is 1. The van der Waals surface area contributed by atoms with Crippen LogP contribution in [0.1, 0.15) is 64.8 Å². The summed E-state index contributed by atoms with van der Waals surface area (Å²) in [5.74, 6) is -1.23. The molecule has 0 spiro atoms. The topological polar surface area (TPSA) is 76.6 Å². The number of halogens is 10. The van der Waals surface area contributed by atoms with E-state index in [2.05, 4.69) is 15.3 Å². The molecule has 1 atom stereocenters. The fourth-order valence-electron chi connectivity index (χ4n) is 5.66. The fraction of sp³-hybridized carbons (Fsp3) is 0.361. The van der Waals surface area contributed by atoms with Crippen molar-refractivity contribution in [2.45, 2.75) is 64.1 Å². The van der Waals surface area contributed by atoms with Gasteiger partial charge in [-0.1, -0.05) is 41.9 Å². The number of nitrogens with one attached hydrogen (secondary N) is 1. The first-order chi connectivity index (χ1) is 24.9. The quantitative estimate of drug-likeness (QED) is 0.120. The van der Waals surface area contributed by atoms with Crippen LogP contribution >= 0.6 is 11.6 Å². The van der Waals surface area contributed by atoms with Crippen molar-refractivity contribution in [1.29, 1.82) is 0 Å². The van der Waals surface area contributed by atoms with Crippen molar-refractivity contribution in [3.05, 3.63) is 117 Å². The van der Waals surface area contributed by atoms with E-state index in [0.29, 0.717) is 55.3 Å². The molecule has 1 saturated heterocycles. The number of nitrogens with zero attached hydrogens (tertiary/aromatic N) is 3. The van der Waals surface area contributed by atoms with Crippen LogP contribution in [0, 0.1) is 5.92 Å². The molecule has 2 heterocycles. The van der Waals surface area contributed by atoms with Gasteiger partial charge in [0, 0.05) is 36.6 Å². The highest BCUT2D eigenvalue weighted by atomic mass is 35.5.